The van der Waals surface area contributed by atoms with Crippen LogP contribution in [-0.4, -0.2) is 60.0 Å². The van der Waals surface area contributed by atoms with Crippen molar-refractivity contribution >= 4 is 56.7 Å². The number of carbonyl (C=O) groups excluding carboxylic acids is 2. The van der Waals surface area contributed by atoms with Crippen LogP contribution in [0.4, 0.5) is 11.4 Å². The molecule has 2 aromatic carbocycles. The topological polar surface area (TPSA) is 81.2 Å². The fourth-order valence-corrected chi connectivity index (χ4v) is 4.34. The first-order chi connectivity index (χ1) is 16.3. The van der Waals surface area contributed by atoms with Gasteiger partial charge in [-0.1, -0.05) is 51.8 Å². The van der Waals surface area contributed by atoms with E-state index < -0.39 is 23.8 Å². The Kier molecular flexibility index (Phi) is 8.52. The van der Waals surface area contributed by atoms with Gasteiger partial charge in [0.15, 0.2) is 0 Å². The highest BCUT2D eigenvalue weighted by Gasteiger charge is 2.40. The van der Waals surface area contributed by atoms with Crippen LogP contribution in [0.2, 0.25) is 5.02 Å². The molecule has 2 amide bonds. The van der Waals surface area contributed by atoms with E-state index in [0.717, 1.165) is 14.9 Å². The summed E-state index contributed by atoms with van der Waals surface area (Å²) >= 11 is 9.58. The summed E-state index contributed by atoms with van der Waals surface area (Å²) < 4.78 is 0.863. The second kappa shape index (κ2) is 11.4. The summed E-state index contributed by atoms with van der Waals surface area (Å²) in [5.41, 5.74) is 1.93. The van der Waals surface area contributed by atoms with Crippen LogP contribution in [0.25, 0.3) is 0 Å². The van der Waals surface area contributed by atoms with Crippen molar-refractivity contribution < 1.29 is 19.5 Å². The summed E-state index contributed by atoms with van der Waals surface area (Å²) in [7, 11) is 0. The Hall–Kier alpha value is -3.10. The van der Waals surface area contributed by atoms with Gasteiger partial charge in [-0.15, -0.1) is 13.2 Å². The first-order valence-corrected chi connectivity index (χ1v) is 11.8. The maximum absolute atomic E-state index is 13.2. The minimum atomic E-state index is -1.16. The molecule has 0 aromatic heterocycles. The van der Waals surface area contributed by atoms with Crippen molar-refractivity contribution in [3.8, 4) is 0 Å². The standard InChI is InChI=1S/C25H25BrClN3O4/c1-3-11-28(12-4-2)20-10-9-19(27)16-21(20)29-13-14-30(24(32)23(29)31)22(25(33)34)15-17-5-7-18(26)8-6-17/h3-10,16,22H,1-2,11-15H2,(H,33,34). The van der Waals surface area contributed by atoms with Gasteiger partial charge in [0.05, 0.1) is 11.4 Å². The molecule has 7 nitrogen and oxygen atoms in total. The Morgan fingerprint density at radius 2 is 1.74 bits per heavy atom. The van der Waals surface area contributed by atoms with Gasteiger partial charge in [0.1, 0.15) is 6.04 Å². The number of amides is 2. The quantitative estimate of drug-likeness (QED) is 0.358. The highest BCUT2D eigenvalue weighted by atomic mass is 79.9. The number of hydrogen-bond donors (Lipinski definition) is 1. The predicted molar refractivity (Wildman–Crippen MR) is 137 cm³/mol. The lowest BCUT2D eigenvalue weighted by Crippen LogP contribution is -2.59. The van der Waals surface area contributed by atoms with Crippen LogP contribution >= 0.6 is 27.5 Å². The summed E-state index contributed by atoms with van der Waals surface area (Å²) in [4.78, 5) is 42.8. The lowest BCUT2D eigenvalue weighted by Gasteiger charge is -2.38. The molecule has 9 heteroatoms. The molecule has 1 atom stereocenters. The van der Waals surface area contributed by atoms with Crippen LogP contribution in [0.3, 0.4) is 0 Å². The van der Waals surface area contributed by atoms with Crippen molar-refractivity contribution in [2.75, 3.05) is 36.0 Å². The third-order valence-corrected chi connectivity index (χ3v) is 6.29. The number of aliphatic carboxylic acids is 1. The normalized spacial score (nSPS) is 14.6. The number of rotatable bonds is 10. The number of carboxylic acid groups (broad SMARTS) is 1. The van der Waals surface area contributed by atoms with Crippen molar-refractivity contribution in [3.05, 3.63) is 82.8 Å². The Labute approximate surface area is 212 Å². The highest BCUT2D eigenvalue weighted by Crippen LogP contribution is 2.34. The molecule has 3 rings (SSSR count). The second-order valence-electron chi connectivity index (χ2n) is 7.76. The van der Waals surface area contributed by atoms with Crippen LogP contribution in [-0.2, 0) is 20.8 Å². The zero-order chi connectivity index (χ0) is 24.8. The van der Waals surface area contributed by atoms with Gasteiger partial charge in [0, 0.05) is 42.1 Å². The maximum atomic E-state index is 13.2. The lowest BCUT2D eigenvalue weighted by atomic mass is 10.0. The highest BCUT2D eigenvalue weighted by molar-refractivity contribution is 9.10. The summed E-state index contributed by atoms with van der Waals surface area (Å²) in [6.45, 7) is 8.76. The van der Waals surface area contributed by atoms with Gasteiger partial charge in [-0.05, 0) is 35.9 Å². The zero-order valence-electron chi connectivity index (χ0n) is 18.5. The fourth-order valence-electron chi connectivity index (χ4n) is 3.91. The molecule has 1 fully saturated rings. The Morgan fingerprint density at radius 1 is 1.09 bits per heavy atom. The number of benzene rings is 2. The van der Waals surface area contributed by atoms with Gasteiger partial charge in [0.25, 0.3) is 0 Å². The first kappa shape index (κ1) is 25.5. The SMILES string of the molecule is C=CCN(CC=C)c1ccc(Cl)cc1N1CCN(C(Cc2ccc(Br)cc2)C(=O)O)C(=O)C1=O. The summed E-state index contributed by atoms with van der Waals surface area (Å²) in [6.07, 6.45) is 3.55. The van der Waals surface area contributed by atoms with Crippen molar-refractivity contribution in [2.45, 2.75) is 12.5 Å². The second-order valence-corrected chi connectivity index (χ2v) is 9.11. The molecule has 0 radical (unpaired) electrons. The van der Waals surface area contributed by atoms with Crippen LogP contribution in [0.15, 0.2) is 72.2 Å². The van der Waals surface area contributed by atoms with E-state index in [9.17, 15) is 19.5 Å². The molecule has 1 unspecified atom stereocenters. The molecule has 1 aliphatic rings. The van der Waals surface area contributed by atoms with E-state index >= 15 is 0 Å². The van der Waals surface area contributed by atoms with Gasteiger partial charge in [0.2, 0.25) is 0 Å². The molecule has 1 aliphatic heterocycles. The van der Waals surface area contributed by atoms with Crippen LogP contribution < -0.4 is 9.80 Å². The molecule has 0 saturated carbocycles. The minimum Gasteiger partial charge on any atom is -0.480 e. The van der Waals surface area contributed by atoms with E-state index in [4.69, 9.17) is 11.6 Å². The Morgan fingerprint density at radius 3 is 2.32 bits per heavy atom. The van der Waals surface area contributed by atoms with Crippen LogP contribution in [0.5, 0.6) is 0 Å². The molecule has 0 bridgehead atoms. The molecule has 1 saturated heterocycles. The van der Waals surface area contributed by atoms with Crippen LogP contribution in [0, 0.1) is 0 Å². The molecule has 0 spiro atoms. The molecule has 178 valence electrons. The minimum absolute atomic E-state index is 0.0763. The largest absolute Gasteiger partial charge is 0.480 e. The fraction of sp³-hybridized carbons (Fsp3) is 0.240. The maximum Gasteiger partial charge on any atom is 0.326 e. The first-order valence-electron chi connectivity index (χ1n) is 10.6. The van der Waals surface area contributed by atoms with Gasteiger partial charge in [-0.3, -0.25) is 9.59 Å². The Bertz CT molecular complexity index is 1100. The average molecular weight is 547 g/mol. The average Bonchev–Trinajstić information content (AvgIpc) is 2.80. The monoisotopic (exact) mass is 545 g/mol. The number of nitrogens with zero attached hydrogens (tertiary/aromatic N) is 3. The summed E-state index contributed by atoms with van der Waals surface area (Å²) in [6, 6.07) is 11.1. The van der Waals surface area contributed by atoms with Crippen molar-refractivity contribution in [3.63, 3.8) is 0 Å². The van der Waals surface area contributed by atoms with Gasteiger partial charge in [-0.25, -0.2) is 4.79 Å². The van der Waals surface area contributed by atoms with Gasteiger partial charge in [-0.2, -0.15) is 0 Å². The third-order valence-electron chi connectivity index (χ3n) is 5.52. The number of piperazine rings is 1. The predicted octanol–water partition coefficient (Wildman–Crippen LogP) is 4.15. The molecule has 0 aliphatic carbocycles. The molecule has 34 heavy (non-hydrogen) atoms. The van der Waals surface area contributed by atoms with E-state index in [0.29, 0.717) is 29.5 Å². The van der Waals surface area contributed by atoms with E-state index in [1.165, 1.54) is 4.90 Å². The molecular weight excluding hydrogens is 522 g/mol. The molecule has 1 N–H and O–H groups in total. The summed E-state index contributed by atoms with van der Waals surface area (Å²) in [5.74, 6) is -2.82. The number of carboxylic acids is 1. The van der Waals surface area contributed by atoms with E-state index in [2.05, 4.69) is 29.1 Å². The van der Waals surface area contributed by atoms with Crippen molar-refractivity contribution in [1.82, 2.24) is 4.90 Å². The van der Waals surface area contributed by atoms with Gasteiger partial charge < -0.3 is 19.8 Å². The number of hydrogen-bond acceptors (Lipinski definition) is 4. The van der Waals surface area contributed by atoms with Gasteiger partial charge >= 0.3 is 17.8 Å². The van der Waals surface area contributed by atoms with E-state index in [-0.39, 0.29) is 19.5 Å². The van der Waals surface area contributed by atoms with Crippen molar-refractivity contribution in [1.29, 1.82) is 0 Å². The lowest BCUT2D eigenvalue weighted by molar-refractivity contribution is -0.155. The summed E-state index contributed by atoms with van der Waals surface area (Å²) in [5, 5.41) is 10.2. The van der Waals surface area contributed by atoms with E-state index in [1.807, 2.05) is 4.90 Å². The molecule has 2 aromatic rings. The van der Waals surface area contributed by atoms with Crippen LogP contribution in [0.1, 0.15) is 5.56 Å². The zero-order valence-corrected chi connectivity index (χ0v) is 20.8. The molecule has 1 heterocycles. The molecular formula is C25H25BrClN3O4. The smallest absolute Gasteiger partial charge is 0.326 e. The number of halogens is 2. The van der Waals surface area contributed by atoms with Crippen molar-refractivity contribution in [2.24, 2.45) is 0 Å². The number of anilines is 2. The van der Waals surface area contributed by atoms with E-state index in [1.54, 1.807) is 54.6 Å². The number of carbonyl (C=O) groups is 3. The Balaban J connectivity index is 1.89. The third kappa shape index (κ3) is 5.69.